The summed E-state index contributed by atoms with van der Waals surface area (Å²) in [6.07, 6.45) is 7.62. The monoisotopic (exact) mass is 711 g/mol. The van der Waals surface area contributed by atoms with Gasteiger partial charge < -0.3 is 30.5 Å². The van der Waals surface area contributed by atoms with Crippen LogP contribution in [0.4, 0.5) is 34.5 Å². The SMILES string of the molecule is COc1cc(N2CCC(N3CCN(CC4CCNCC4)CC3)CC2)c(C)cc1Nc1ncc(Cl)c(Nc2ccccc2N(C)S(C)(=O)=O)n1. The number of hydrogen-bond acceptors (Lipinski definition) is 11. The van der Waals surface area contributed by atoms with Crippen LogP contribution in [0.25, 0.3) is 0 Å². The molecule has 4 heterocycles. The van der Waals surface area contributed by atoms with Crippen LogP contribution in [0.15, 0.2) is 42.6 Å². The Morgan fingerprint density at radius 2 is 1.71 bits per heavy atom. The van der Waals surface area contributed by atoms with Crippen LogP contribution in [0.1, 0.15) is 31.2 Å². The van der Waals surface area contributed by atoms with E-state index in [2.05, 4.69) is 59.7 Å². The van der Waals surface area contributed by atoms with Gasteiger partial charge in [-0.15, -0.1) is 0 Å². The van der Waals surface area contributed by atoms with Gasteiger partial charge in [0, 0.05) is 70.7 Å². The number of anilines is 6. The van der Waals surface area contributed by atoms with Gasteiger partial charge in [-0.25, -0.2) is 13.4 Å². The van der Waals surface area contributed by atoms with Gasteiger partial charge in [0.05, 0.1) is 36.6 Å². The summed E-state index contributed by atoms with van der Waals surface area (Å²) in [7, 11) is -0.303. The molecule has 49 heavy (non-hydrogen) atoms. The fraction of sp³-hybridized carbons (Fsp3) is 0.543. The lowest BCUT2D eigenvalue weighted by atomic mass is 9.97. The average Bonchev–Trinajstić information content (AvgIpc) is 3.10. The zero-order valence-electron chi connectivity index (χ0n) is 29.1. The van der Waals surface area contributed by atoms with Crippen molar-refractivity contribution in [2.45, 2.75) is 38.6 Å². The van der Waals surface area contributed by atoms with Crippen LogP contribution in [0.5, 0.6) is 5.75 Å². The zero-order valence-corrected chi connectivity index (χ0v) is 30.7. The zero-order chi connectivity index (χ0) is 34.5. The van der Waals surface area contributed by atoms with Crippen molar-refractivity contribution in [2.24, 2.45) is 5.92 Å². The van der Waals surface area contributed by atoms with Crippen molar-refractivity contribution in [1.82, 2.24) is 25.1 Å². The minimum absolute atomic E-state index is 0.295. The number of ether oxygens (including phenoxy) is 1. The van der Waals surface area contributed by atoms with Crippen molar-refractivity contribution in [3.05, 3.63) is 53.2 Å². The smallest absolute Gasteiger partial charge is 0.232 e. The minimum Gasteiger partial charge on any atom is -0.494 e. The van der Waals surface area contributed by atoms with E-state index < -0.39 is 10.0 Å². The largest absolute Gasteiger partial charge is 0.494 e. The molecule has 0 amide bonds. The number of nitrogens with zero attached hydrogens (tertiary/aromatic N) is 6. The van der Waals surface area contributed by atoms with E-state index in [0.29, 0.717) is 40.0 Å². The van der Waals surface area contributed by atoms with Gasteiger partial charge in [-0.05, 0) is 75.4 Å². The van der Waals surface area contributed by atoms with Crippen LogP contribution in [0.3, 0.4) is 0 Å². The number of methoxy groups -OCH3 is 1. The highest BCUT2D eigenvalue weighted by molar-refractivity contribution is 7.92. The van der Waals surface area contributed by atoms with E-state index in [0.717, 1.165) is 49.4 Å². The number of aromatic nitrogens is 2. The molecule has 3 N–H and O–H groups in total. The molecule has 0 radical (unpaired) electrons. The van der Waals surface area contributed by atoms with Crippen molar-refractivity contribution < 1.29 is 13.2 Å². The minimum atomic E-state index is -3.47. The molecule has 3 aromatic rings. The van der Waals surface area contributed by atoms with Crippen molar-refractivity contribution >= 4 is 56.1 Å². The van der Waals surface area contributed by atoms with Crippen LogP contribution < -0.4 is 29.9 Å². The molecule has 2 aromatic carbocycles. The molecule has 3 fully saturated rings. The van der Waals surface area contributed by atoms with E-state index >= 15 is 0 Å². The van der Waals surface area contributed by atoms with Crippen LogP contribution >= 0.6 is 11.6 Å². The molecule has 12 nitrogen and oxygen atoms in total. The average molecular weight is 712 g/mol. The summed E-state index contributed by atoms with van der Waals surface area (Å²) >= 11 is 6.48. The topological polar surface area (TPSA) is 118 Å². The molecular formula is C35H50ClN9O3S. The number of halogens is 1. The Morgan fingerprint density at radius 3 is 2.41 bits per heavy atom. The summed E-state index contributed by atoms with van der Waals surface area (Å²) in [6, 6.07) is 11.9. The molecule has 6 rings (SSSR count). The molecule has 266 valence electrons. The summed E-state index contributed by atoms with van der Waals surface area (Å²) in [5.41, 5.74) is 4.07. The predicted molar refractivity (Wildman–Crippen MR) is 200 cm³/mol. The summed E-state index contributed by atoms with van der Waals surface area (Å²) in [6.45, 7) is 12.5. The Morgan fingerprint density at radius 1 is 1.00 bits per heavy atom. The normalized spacial score (nSPS) is 18.8. The molecule has 0 bridgehead atoms. The molecule has 3 aliphatic heterocycles. The first-order valence-electron chi connectivity index (χ1n) is 17.3. The number of rotatable bonds is 11. The van der Waals surface area contributed by atoms with E-state index in [-0.39, 0.29) is 0 Å². The van der Waals surface area contributed by atoms with Crippen molar-refractivity contribution in [3.8, 4) is 5.75 Å². The van der Waals surface area contributed by atoms with Gasteiger partial charge in [0.15, 0.2) is 5.82 Å². The molecule has 3 aliphatic rings. The maximum atomic E-state index is 12.2. The Balaban J connectivity index is 1.08. The maximum Gasteiger partial charge on any atom is 0.232 e. The van der Waals surface area contributed by atoms with E-state index in [1.165, 1.54) is 81.9 Å². The molecule has 14 heteroatoms. The van der Waals surface area contributed by atoms with Crippen LogP contribution in [-0.2, 0) is 10.0 Å². The van der Waals surface area contributed by atoms with Crippen molar-refractivity contribution in [3.63, 3.8) is 0 Å². The first kappa shape index (κ1) is 35.5. The van der Waals surface area contributed by atoms with Crippen LogP contribution in [-0.4, -0.2) is 114 Å². The Hall–Kier alpha value is -3.36. The molecular weight excluding hydrogens is 662 g/mol. The highest BCUT2D eigenvalue weighted by Gasteiger charge is 2.29. The fourth-order valence-corrected chi connectivity index (χ4v) is 7.95. The number of piperidine rings is 2. The third-order valence-corrected chi connectivity index (χ3v) is 11.7. The molecule has 0 aliphatic carbocycles. The lowest BCUT2D eigenvalue weighted by molar-refractivity contribution is 0.0728. The van der Waals surface area contributed by atoms with Gasteiger partial charge >= 0.3 is 0 Å². The van der Waals surface area contributed by atoms with E-state index in [4.69, 9.17) is 16.3 Å². The first-order valence-corrected chi connectivity index (χ1v) is 19.5. The molecule has 3 saturated heterocycles. The number of para-hydroxylation sites is 2. The number of aryl methyl sites for hydroxylation is 1. The lowest BCUT2D eigenvalue weighted by Crippen LogP contribution is -2.54. The number of piperazine rings is 1. The second kappa shape index (κ2) is 15.7. The molecule has 0 spiro atoms. The Kier molecular flexibility index (Phi) is 11.3. The van der Waals surface area contributed by atoms with Gasteiger partial charge in [0.2, 0.25) is 16.0 Å². The third kappa shape index (κ3) is 8.69. The molecule has 0 atom stereocenters. The number of hydrogen-bond donors (Lipinski definition) is 3. The maximum absolute atomic E-state index is 12.2. The Labute approximate surface area is 296 Å². The van der Waals surface area contributed by atoms with Crippen LogP contribution in [0.2, 0.25) is 5.02 Å². The summed E-state index contributed by atoms with van der Waals surface area (Å²) < 4.78 is 31.5. The lowest BCUT2D eigenvalue weighted by Gasteiger charge is -2.44. The fourth-order valence-electron chi connectivity index (χ4n) is 7.29. The molecule has 0 unspecified atom stereocenters. The third-order valence-electron chi connectivity index (χ3n) is 10.2. The van der Waals surface area contributed by atoms with Gasteiger partial charge in [-0.1, -0.05) is 23.7 Å². The standard InChI is InChI=1S/C35H50ClN9O3S/c1-25-21-30(40-35-38-23-28(36)34(41-35)39-29-7-5-6-8-31(29)42(2)49(4,46)47)33(48-3)22-32(25)45-15-11-27(12-16-45)44-19-17-43(18-20-44)24-26-9-13-37-14-10-26/h5-8,21-23,26-27,37H,9-20,24H2,1-4H3,(H2,38,39,40,41). The summed E-state index contributed by atoms with van der Waals surface area (Å²) in [5.74, 6) is 2.22. The first-order chi connectivity index (χ1) is 23.6. The van der Waals surface area contributed by atoms with Gasteiger partial charge in [0.25, 0.3) is 0 Å². The highest BCUT2D eigenvalue weighted by atomic mass is 35.5. The van der Waals surface area contributed by atoms with Gasteiger partial charge in [0.1, 0.15) is 10.8 Å². The van der Waals surface area contributed by atoms with Crippen molar-refractivity contribution in [2.75, 3.05) is 99.2 Å². The Bertz CT molecular complexity index is 1690. The van der Waals surface area contributed by atoms with E-state index in [1.807, 2.05) is 6.07 Å². The highest BCUT2D eigenvalue weighted by Crippen LogP contribution is 2.37. The molecule has 1 aromatic heterocycles. The second-order valence-electron chi connectivity index (χ2n) is 13.5. The number of sulfonamides is 1. The quantitative estimate of drug-likeness (QED) is 0.252. The van der Waals surface area contributed by atoms with Crippen LogP contribution in [0, 0.1) is 12.8 Å². The van der Waals surface area contributed by atoms with E-state index in [9.17, 15) is 8.42 Å². The van der Waals surface area contributed by atoms with Crippen molar-refractivity contribution in [1.29, 1.82) is 0 Å². The van der Waals surface area contributed by atoms with Gasteiger partial charge in [-0.2, -0.15) is 4.98 Å². The second-order valence-corrected chi connectivity index (χ2v) is 15.9. The van der Waals surface area contributed by atoms with E-state index in [1.54, 1.807) is 25.3 Å². The summed E-state index contributed by atoms with van der Waals surface area (Å²) in [4.78, 5) is 16.9. The predicted octanol–water partition coefficient (Wildman–Crippen LogP) is 4.92. The summed E-state index contributed by atoms with van der Waals surface area (Å²) in [5, 5.41) is 10.3. The van der Waals surface area contributed by atoms with Gasteiger partial charge in [-0.3, -0.25) is 9.21 Å². The number of nitrogens with one attached hydrogen (secondary N) is 3. The molecule has 0 saturated carbocycles. The number of benzene rings is 2.